The van der Waals surface area contributed by atoms with Crippen LogP contribution in [-0.4, -0.2) is 13.4 Å². The molecule has 0 saturated heterocycles. The molecule has 0 unspecified atom stereocenters. The zero-order valence-corrected chi connectivity index (χ0v) is 32.4. The molecule has 0 amide bonds. The second kappa shape index (κ2) is 12.5. The molecule has 0 aromatic heterocycles. The smallest absolute Gasteiger partial charge is 0.253 e. The highest BCUT2D eigenvalue weighted by atomic mass is 32.2. The van der Waals surface area contributed by atoms with Crippen molar-refractivity contribution in [1.82, 2.24) is 0 Å². The van der Waals surface area contributed by atoms with Crippen molar-refractivity contribution in [1.29, 1.82) is 0 Å². The summed E-state index contributed by atoms with van der Waals surface area (Å²) in [6, 6.07) is 59.3. The van der Waals surface area contributed by atoms with Gasteiger partial charge in [-0.15, -0.1) is 0 Å². The number of fused-ring (bicyclic) bond motifs is 12. The largest absolute Gasteiger partial charge is 0.458 e. The molecule has 0 aliphatic carbocycles. The van der Waals surface area contributed by atoms with Gasteiger partial charge in [0.25, 0.3) is 13.4 Å². The monoisotopic (exact) mass is 778 g/mol. The Morgan fingerprint density at radius 2 is 0.810 bits per heavy atom. The van der Waals surface area contributed by atoms with Crippen LogP contribution in [0.4, 0.5) is 0 Å². The van der Waals surface area contributed by atoms with E-state index in [0.29, 0.717) is 0 Å². The lowest BCUT2D eigenvalue weighted by molar-refractivity contribution is 0.469. The van der Waals surface area contributed by atoms with Gasteiger partial charge in [0.2, 0.25) is 0 Å². The minimum Gasteiger partial charge on any atom is -0.458 e. The van der Waals surface area contributed by atoms with E-state index in [4.69, 9.17) is 18.9 Å². The normalized spacial score (nSPS) is 13.6. The van der Waals surface area contributed by atoms with Crippen molar-refractivity contribution in [2.45, 2.75) is 19.6 Å². The summed E-state index contributed by atoms with van der Waals surface area (Å²) < 4.78 is 26.9. The summed E-state index contributed by atoms with van der Waals surface area (Å²) >= 11 is 3.64. The molecule has 0 spiro atoms. The van der Waals surface area contributed by atoms with Gasteiger partial charge < -0.3 is 18.9 Å². The molecule has 4 nitrogen and oxygen atoms in total. The molecule has 4 aliphatic rings. The summed E-state index contributed by atoms with van der Waals surface area (Å²) in [6.07, 6.45) is 0. The van der Waals surface area contributed by atoms with Crippen LogP contribution in [0, 0.1) is 0 Å². The Morgan fingerprint density at radius 1 is 0.362 bits per heavy atom. The summed E-state index contributed by atoms with van der Waals surface area (Å²) in [5.41, 5.74) is 7.36. The first kappa shape index (κ1) is 32.6. The third-order valence-corrected chi connectivity index (χ3v) is 14.1. The molecule has 270 valence electrons. The van der Waals surface area contributed by atoms with Crippen molar-refractivity contribution < 1.29 is 18.9 Å². The molecule has 0 atom stereocenters. The fourth-order valence-electron chi connectivity index (χ4n) is 9.26. The van der Waals surface area contributed by atoms with Crippen molar-refractivity contribution in [2.24, 2.45) is 0 Å². The van der Waals surface area contributed by atoms with Crippen LogP contribution in [-0.2, 0) is 0 Å². The zero-order valence-electron chi connectivity index (χ0n) is 30.8. The van der Waals surface area contributed by atoms with Crippen LogP contribution in [0.25, 0.3) is 21.5 Å². The maximum Gasteiger partial charge on any atom is 0.253 e. The van der Waals surface area contributed by atoms with Crippen LogP contribution in [0.5, 0.6) is 46.0 Å². The Kier molecular flexibility index (Phi) is 7.03. The van der Waals surface area contributed by atoms with E-state index in [2.05, 4.69) is 97.1 Å². The third kappa shape index (κ3) is 4.95. The molecular formula is C50H28B2O4S2. The van der Waals surface area contributed by atoms with Gasteiger partial charge in [-0.2, -0.15) is 0 Å². The Hall–Kier alpha value is -6.47. The molecular weight excluding hydrogens is 750 g/mol. The zero-order chi connectivity index (χ0) is 37.9. The van der Waals surface area contributed by atoms with Crippen molar-refractivity contribution in [3.8, 4) is 46.0 Å². The van der Waals surface area contributed by atoms with E-state index in [0.717, 1.165) is 78.5 Å². The fourth-order valence-corrected chi connectivity index (χ4v) is 11.6. The quantitative estimate of drug-likeness (QED) is 0.166. The molecule has 13 rings (SSSR count). The summed E-state index contributed by atoms with van der Waals surface area (Å²) in [6.45, 7) is -0.00952. The highest BCUT2D eigenvalue weighted by molar-refractivity contribution is 8.00. The van der Waals surface area contributed by atoms with Gasteiger partial charge in [-0.3, -0.25) is 0 Å². The van der Waals surface area contributed by atoms with Gasteiger partial charge in [0, 0.05) is 36.4 Å². The predicted octanol–water partition coefficient (Wildman–Crippen LogP) is 9.75. The summed E-state index contributed by atoms with van der Waals surface area (Å²) in [5.74, 6) is 6.63. The van der Waals surface area contributed by atoms with Crippen LogP contribution in [0.3, 0.4) is 0 Å². The van der Waals surface area contributed by atoms with Gasteiger partial charge in [0.05, 0.1) is 0 Å². The van der Waals surface area contributed by atoms with Crippen LogP contribution < -0.4 is 51.7 Å². The van der Waals surface area contributed by atoms with Crippen LogP contribution in [0.15, 0.2) is 189 Å². The molecule has 4 aliphatic heterocycles. The predicted molar refractivity (Wildman–Crippen MR) is 238 cm³/mol. The van der Waals surface area contributed by atoms with Crippen molar-refractivity contribution in [3.05, 3.63) is 170 Å². The van der Waals surface area contributed by atoms with Gasteiger partial charge >= 0.3 is 0 Å². The molecule has 9 aromatic carbocycles. The van der Waals surface area contributed by atoms with E-state index in [1.54, 1.807) is 0 Å². The molecule has 0 N–H and O–H groups in total. The average molecular weight is 779 g/mol. The van der Waals surface area contributed by atoms with Gasteiger partial charge in [0.15, 0.2) is 0 Å². The fraction of sp³-hybridized carbons (Fsp3) is 0. The molecule has 9 aromatic rings. The first-order valence-corrected chi connectivity index (χ1v) is 21.1. The summed E-state index contributed by atoms with van der Waals surface area (Å²) in [7, 11) is 0. The Labute approximate surface area is 343 Å². The molecule has 0 fully saturated rings. The van der Waals surface area contributed by atoms with E-state index in [1.165, 1.54) is 41.4 Å². The highest BCUT2D eigenvalue weighted by Crippen LogP contribution is 2.46. The molecule has 0 bridgehead atoms. The van der Waals surface area contributed by atoms with Gasteiger partial charge in [-0.1, -0.05) is 113 Å². The summed E-state index contributed by atoms with van der Waals surface area (Å²) in [5, 5.41) is 4.26. The Balaban J connectivity index is 0.992. The van der Waals surface area contributed by atoms with Gasteiger partial charge in [-0.25, -0.2) is 0 Å². The first-order chi connectivity index (χ1) is 28.7. The Bertz CT molecular complexity index is 3000. The lowest BCUT2D eigenvalue weighted by Crippen LogP contribution is -2.61. The molecule has 0 radical (unpaired) electrons. The van der Waals surface area contributed by atoms with Crippen LogP contribution in [0.1, 0.15) is 0 Å². The maximum atomic E-state index is 7.15. The van der Waals surface area contributed by atoms with E-state index >= 15 is 0 Å². The second-order valence-corrected chi connectivity index (χ2v) is 17.3. The molecule has 8 heteroatoms. The lowest BCUT2D eigenvalue weighted by atomic mass is 9.32. The van der Waals surface area contributed by atoms with Crippen LogP contribution >= 0.6 is 23.5 Å². The summed E-state index contributed by atoms with van der Waals surface area (Å²) in [4.78, 5) is 4.93. The maximum absolute atomic E-state index is 7.15. The number of benzene rings is 9. The minimum atomic E-state index is -0.00476. The average Bonchev–Trinajstić information content (AvgIpc) is 3.26. The van der Waals surface area contributed by atoms with Crippen molar-refractivity contribution in [2.75, 3.05) is 0 Å². The van der Waals surface area contributed by atoms with E-state index in [1.807, 2.05) is 96.3 Å². The number of rotatable bonds is 4. The van der Waals surface area contributed by atoms with E-state index in [-0.39, 0.29) is 13.4 Å². The number of ether oxygens (including phenoxy) is 4. The molecule has 0 saturated carbocycles. The number of hydrogen-bond acceptors (Lipinski definition) is 6. The SMILES string of the molecule is c1ccc(Oc2ccc3c4c5c(cc3c2)Sc2ccccc2B5c2cc3c(cc2O4)Oc2c4c(cc5cc(Oc6ccccc6)ccc25)Sc2ccccc2B34)cc1. The Morgan fingerprint density at radius 3 is 1.29 bits per heavy atom. The van der Waals surface area contributed by atoms with Crippen LogP contribution in [0.2, 0.25) is 0 Å². The van der Waals surface area contributed by atoms with Crippen molar-refractivity contribution >= 4 is 91.3 Å². The van der Waals surface area contributed by atoms with E-state index in [9.17, 15) is 0 Å². The van der Waals surface area contributed by atoms with Crippen molar-refractivity contribution in [3.63, 3.8) is 0 Å². The topological polar surface area (TPSA) is 36.9 Å². The standard InChI is InChI=1S/C50H28B2O4S2/c1-3-11-31(12-4-1)53-33-19-21-35-29(23-33)25-45-47-49(35)55-41-28-42-40(27-39(41)51(47)37-15-7-9-17-43(37)57-45)52-38-16-8-10-18-44(38)58-46-26-30-24-34(54-32-13-5-2-6-14-32)20-22-36(30)50(56-42)48(46)52/h1-28H. The first-order valence-electron chi connectivity index (χ1n) is 19.4. The third-order valence-electron chi connectivity index (χ3n) is 11.8. The highest BCUT2D eigenvalue weighted by Gasteiger charge is 2.45. The minimum absolute atomic E-state index is 0.00476. The number of hydrogen-bond donors (Lipinski definition) is 0. The lowest BCUT2D eigenvalue weighted by Gasteiger charge is -2.37. The van der Waals surface area contributed by atoms with Gasteiger partial charge in [0.1, 0.15) is 46.0 Å². The van der Waals surface area contributed by atoms with Gasteiger partial charge in [-0.05, 0) is 118 Å². The molecule has 58 heavy (non-hydrogen) atoms. The number of para-hydroxylation sites is 2. The second-order valence-electron chi connectivity index (χ2n) is 15.1. The molecule has 4 heterocycles. The van der Waals surface area contributed by atoms with E-state index < -0.39 is 0 Å².